The number of carbonyl (C=O) groups excluding carboxylic acids is 1. The molecule has 3 aromatic carbocycles. The first kappa shape index (κ1) is 27.2. The summed E-state index contributed by atoms with van der Waals surface area (Å²) in [7, 11) is 1.58. The number of amides is 1. The van der Waals surface area contributed by atoms with Crippen molar-refractivity contribution >= 4 is 11.9 Å². The fourth-order valence-corrected chi connectivity index (χ4v) is 5.01. The second kappa shape index (κ2) is 10.9. The third kappa shape index (κ3) is 6.36. The number of ether oxygens (including phenoxy) is 2. The third-order valence-electron chi connectivity index (χ3n) is 7.06. The molecule has 0 bridgehead atoms. The van der Waals surface area contributed by atoms with E-state index in [1.807, 2.05) is 36.4 Å². The highest BCUT2D eigenvalue weighted by Gasteiger charge is 2.35. The average molecular weight is 516 g/mol. The highest BCUT2D eigenvalue weighted by Crippen LogP contribution is 2.38. The Bertz CT molecular complexity index is 1310. The van der Waals surface area contributed by atoms with E-state index in [0.717, 1.165) is 23.3 Å². The summed E-state index contributed by atoms with van der Waals surface area (Å²) >= 11 is 0. The predicted octanol–water partition coefficient (Wildman–Crippen LogP) is 6.05. The molecular formula is C32H37NO5. The van der Waals surface area contributed by atoms with Crippen molar-refractivity contribution in [2.45, 2.75) is 64.5 Å². The fraction of sp³-hybridized carbons (Fsp3) is 0.375. The summed E-state index contributed by atoms with van der Waals surface area (Å²) in [6.07, 6.45) is 1.31. The lowest BCUT2D eigenvalue weighted by Crippen LogP contribution is -2.33. The molecule has 1 amide bonds. The number of nitrogens with zero attached hydrogens (tertiary/aromatic N) is 1. The van der Waals surface area contributed by atoms with Crippen molar-refractivity contribution in [3.63, 3.8) is 0 Å². The van der Waals surface area contributed by atoms with Gasteiger partial charge in [0, 0.05) is 37.1 Å². The van der Waals surface area contributed by atoms with Gasteiger partial charge in [-0.3, -0.25) is 9.59 Å². The maximum atomic E-state index is 13.6. The molecule has 0 radical (unpaired) electrons. The van der Waals surface area contributed by atoms with Gasteiger partial charge in [-0.2, -0.15) is 0 Å². The first-order valence-corrected chi connectivity index (χ1v) is 13.0. The van der Waals surface area contributed by atoms with Crippen LogP contribution >= 0.6 is 0 Å². The van der Waals surface area contributed by atoms with E-state index in [1.54, 1.807) is 18.1 Å². The molecule has 0 unspecified atom stereocenters. The maximum Gasteiger partial charge on any atom is 0.305 e. The second-order valence-corrected chi connectivity index (χ2v) is 11.4. The van der Waals surface area contributed by atoms with Gasteiger partial charge in [0.25, 0.3) is 5.91 Å². The Balaban J connectivity index is 1.51. The molecular weight excluding hydrogens is 478 g/mol. The minimum atomic E-state index is -0.948. The van der Waals surface area contributed by atoms with Gasteiger partial charge in [-0.1, -0.05) is 63.2 Å². The molecule has 38 heavy (non-hydrogen) atoms. The quantitative estimate of drug-likeness (QED) is 0.376. The molecule has 0 aromatic heterocycles. The lowest BCUT2D eigenvalue weighted by atomic mass is 9.85. The number of rotatable bonds is 9. The van der Waals surface area contributed by atoms with Crippen LogP contribution < -0.4 is 9.47 Å². The van der Waals surface area contributed by atoms with Gasteiger partial charge in [0.2, 0.25) is 0 Å². The molecule has 6 nitrogen and oxygen atoms in total. The lowest BCUT2D eigenvalue weighted by Gasteiger charge is -2.25. The minimum absolute atomic E-state index is 0.0993. The highest BCUT2D eigenvalue weighted by atomic mass is 16.5. The third-order valence-corrected chi connectivity index (χ3v) is 7.06. The van der Waals surface area contributed by atoms with Crippen LogP contribution in [0.4, 0.5) is 0 Å². The molecule has 1 aliphatic rings. The van der Waals surface area contributed by atoms with E-state index in [1.165, 1.54) is 11.1 Å². The van der Waals surface area contributed by atoms with Crippen LogP contribution in [0, 0.1) is 0 Å². The summed E-state index contributed by atoms with van der Waals surface area (Å²) < 4.78 is 11.8. The Kier molecular flexibility index (Phi) is 7.81. The molecule has 0 saturated carbocycles. The zero-order chi connectivity index (χ0) is 27.5. The Morgan fingerprint density at radius 3 is 2.42 bits per heavy atom. The van der Waals surface area contributed by atoms with Gasteiger partial charge < -0.3 is 19.5 Å². The normalized spacial score (nSPS) is 16.4. The smallest absolute Gasteiger partial charge is 0.305 e. The molecule has 0 saturated heterocycles. The second-order valence-electron chi connectivity index (χ2n) is 11.4. The van der Waals surface area contributed by atoms with Crippen molar-refractivity contribution in [1.82, 2.24) is 4.90 Å². The zero-order valence-corrected chi connectivity index (χ0v) is 22.9. The van der Waals surface area contributed by atoms with Crippen molar-refractivity contribution in [1.29, 1.82) is 0 Å². The zero-order valence-electron chi connectivity index (χ0n) is 22.9. The van der Waals surface area contributed by atoms with Crippen LogP contribution in [0.2, 0.25) is 0 Å². The van der Waals surface area contributed by atoms with Crippen LogP contribution in [0.25, 0.3) is 0 Å². The Morgan fingerprint density at radius 1 is 1.05 bits per heavy atom. The molecule has 6 heteroatoms. The Morgan fingerprint density at radius 2 is 1.76 bits per heavy atom. The summed E-state index contributed by atoms with van der Waals surface area (Å²) in [5.41, 5.74) is 4.53. The number of hydrogen-bond acceptors (Lipinski definition) is 4. The number of aliphatic carboxylic acids is 1. The van der Waals surface area contributed by atoms with Gasteiger partial charge in [0.15, 0.2) is 0 Å². The number of carboxylic acids is 1. The van der Waals surface area contributed by atoms with Crippen LogP contribution in [0.1, 0.15) is 66.7 Å². The first-order valence-electron chi connectivity index (χ1n) is 13.0. The number of carbonyl (C=O) groups is 2. The summed E-state index contributed by atoms with van der Waals surface area (Å²) in [5, 5.41) is 9.26. The van der Waals surface area contributed by atoms with Crippen LogP contribution in [0.15, 0.2) is 66.7 Å². The van der Waals surface area contributed by atoms with E-state index >= 15 is 0 Å². The van der Waals surface area contributed by atoms with E-state index in [-0.39, 0.29) is 30.8 Å². The number of fused-ring (bicyclic) bond motifs is 1. The molecule has 0 spiro atoms. The van der Waals surface area contributed by atoms with Gasteiger partial charge in [-0.15, -0.1) is 0 Å². The molecule has 200 valence electrons. The number of methoxy groups -OCH3 is 1. The number of benzene rings is 3. The molecule has 1 aliphatic heterocycles. The van der Waals surface area contributed by atoms with Crippen LogP contribution in [0.3, 0.4) is 0 Å². The predicted molar refractivity (Wildman–Crippen MR) is 148 cm³/mol. The molecule has 1 N–H and O–H groups in total. The largest absolute Gasteiger partial charge is 0.496 e. The van der Waals surface area contributed by atoms with E-state index in [9.17, 15) is 14.7 Å². The van der Waals surface area contributed by atoms with Gasteiger partial charge in [-0.05, 0) is 53.3 Å². The monoisotopic (exact) mass is 515 g/mol. The molecule has 1 heterocycles. The standard InChI is InChI=1S/C32H37NO5/c1-31(2,3)26-13-10-22(11-14-26)19-32(4)20-25-18-23(12-15-28(25)38-32)30(36)33(17-16-29(34)35)21-24-8-6-7-9-27(24)37-5/h6-15,18H,16-17,19-21H2,1-5H3,(H,34,35)/t32-/m1/s1. The summed E-state index contributed by atoms with van der Waals surface area (Å²) in [6, 6.07) is 21.7. The van der Waals surface area contributed by atoms with E-state index in [0.29, 0.717) is 17.7 Å². The van der Waals surface area contributed by atoms with E-state index in [4.69, 9.17) is 9.47 Å². The van der Waals surface area contributed by atoms with Crippen LogP contribution in [-0.4, -0.2) is 41.1 Å². The summed E-state index contributed by atoms with van der Waals surface area (Å²) in [4.78, 5) is 26.4. The minimum Gasteiger partial charge on any atom is -0.496 e. The van der Waals surface area contributed by atoms with Crippen molar-refractivity contribution in [2.24, 2.45) is 0 Å². The highest BCUT2D eigenvalue weighted by molar-refractivity contribution is 5.95. The summed E-state index contributed by atoms with van der Waals surface area (Å²) in [5.74, 6) is 0.286. The van der Waals surface area contributed by atoms with Crippen molar-refractivity contribution in [3.05, 3.63) is 94.5 Å². The van der Waals surface area contributed by atoms with Gasteiger partial charge in [0.05, 0.1) is 13.5 Å². The molecule has 0 aliphatic carbocycles. The number of para-hydroxylation sites is 1. The number of hydrogen-bond donors (Lipinski definition) is 1. The van der Waals surface area contributed by atoms with Crippen molar-refractivity contribution < 1.29 is 24.2 Å². The molecule has 1 atom stereocenters. The SMILES string of the molecule is COc1ccccc1CN(CCC(=O)O)C(=O)c1ccc2c(c1)C[C@@](C)(Cc1ccc(C(C)(C)C)cc1)O2. The maximum absolute atomic E-state index is 13.6. The van der Waals surface area contributed by atoms with Crippen molar-refractivity contribution in [2.75, 3.05) is 13.7 Å². The Hall–Kier alpha value is -3.80. The van der Waals surface area contributed by atoms with Gasteiger partial charge in [0.1, 0.15) is 17.1 Å². The van der Waals surface area contributed by atoms with Gasteiger partial charge in [-0.25, -0.2) is 0 Å². The van der Waals surface area contributed by atoms with Crippen molar-refractivity contribution in [3.8, 4) is 11.5 Å². The number of carboxylic acid groups (broad SMARTS) is 1. The molecule has 4 rings (SSSR count). The fourth-order valence-electron chi connectivity index (χ4n) is 5.01. The van der Waals surface area contributed by atoms with Gasteiger partial charge >= 0.3 is 5.97 Å². The average Bonchev–Trinajstić information content (AvgIpc) is 3.20. The van der Waals surface area contributed by atoms with Crippen LogP contribution in [-0.2, 0) is 29.6 Å². The van der Waals surface area contributed by atoms with E-state index in [2.05, 4.69) is 52.0 Å². The van der Waals surface area contributed by atoms with Crippen LogP contribution in [0.5, 0.6) is 11.5 Å². The first-order chi connectivity index (χ1) is 18.0. The lowest BCUT2D eigenvalue weighted by molar-refractivity contribution is -0.137. The summed E-state index contributed by atoms with van der Waals surface area (Å²) in [6.45, 7) is 9.08. The van der Waals surface area contributed by atoms with E-state index < -0.39 is 11.6 Å². The molecule has 0 fully saturated rings. The Labute approximate surface area is 225 Å². The molecule has 3 aromatic rings. The topological polar surface area (TPSA) is 76.1 Å².